The molecule has 1 aliphatic rings. The minimum atomic E-state index is -0.489. The Morgan fingerprint density at radius 3 is 2.68 bits per heavy atom. The third kappa shape index (κ3) is 4.06. The summed E-state index contributed by atoms with van der Waals surface area (Å²) < 4.78 is 0. The number of nitrogens with one attached hydrogen (secondary N) is 2. The van der Waals surface area contributed by atoms with E-state index in [1.165, 1.54) is 30.6 Å². The number of carbonyl (C=O) groups is 2. The molecule has 0 saturated heterocycles. The summed E-state index contributed by atoms with van der Waals surface area (Å²) in [5, 5.41) is 7.60. The van der Waals surface area contributed by atoms with Gasteiger partial charge in [0.2, 0.25) is 5.91 Å². The second kappa shape index (κ2) is 6.70. The van der Waals surface area contributed by atoms with Crippen molar-refractivity contribution in [3.8, 4) is 0 Å². The first kappa shape index (κ1) is 14.1. The Balaban J connectivity index is 1.80. The first-order valence-corrected chi connectivity index (χ1v) is 7.69. The molecule has 1 aliphatic carbocycles. The molecule has 0 aliphatic heterocycles. The third-order valence-corrected chi connectivity index (χ3v) is 4.31. The number of hydrogen-bond donors (Lipinski definition) is 2. The lowest BCUT2D eigenvalue weighted by atomic mass is 9.95. The zero-order valence-electron chi connectivity index (χ0n) is 11.1. The molecule has 1 aromatic rings. The molecule has 0 aromatic carbocycles. The highest BCUT2D eigenvalue weighted by molar-refractivity contribution is 7.12. The smallest absolute Gasteiger partial charge is 0.261 e. The van der Waals surface area contributed by atoms with E-state index in [4.69, 9.17) is 0 Å². The second-order valence-corrected chi connectivity index (χ2v) is 5.96. The number of thiophene rings is 1. The maximum Gasteiger partial charge on any atom is 0.261 e. The lowest BCUT2D eigenvalue weighted by molar-refractivity contribution is -0.123. The number of hydrogen-bond acceptors (Lipinski definition) is 3. The Bertz CT molecular complexity index is 425. The van der Waals surface area contributed by atoms with Crippen LogP contribution in [0.5, 0.6) is 0 Å². The van der Waals surface area contributed by atoms with Crippen LogP contribution in [-0.4, -0.2) is 23.9 Å². The molecule has 1 aromatic heterocycles. The van der Waals surface area contributed by atoms with E-state index in [-0.39, 0.29) is 17.9 Å². The molecule has 1 saturated carbocycles. The van der Waals surface area contributed by atoms with Crippen LogP contribution in [0.1, 0.15) is 48.7 Å². The standard InChI is InChI=1S/C14H20N2O2S/c1-10(15-14(18)12-8-5-9-19-12)13(17)16-11-6-3-2-4-7-11/h5,8-11H,2-4,6-7H2,1H3,(H,15,18)(H,16,17). The van der Waals surface area contributed by atoms with E-state index in [0.29, 0.717) is 4.88 Å². The van der Waals surface area contributed by atoms with Crippen LogP contribution in [-0.2, 0) is 4.79 Å². The summed E-state index contributed by atoms with van der Waals surface area (Å²) in [5.74, 6) is -0.266. The summed E-state index contributed by atoms with van der Waals surface area (Å²) in [6.45, 7) is 1.73. The molecule has 1 heterocycles. The molecular weight excluding hydrogens is 260 g/mol. The molecule has 1 atom stereocenters. The van der Waals surface area contributed by atoms with Crippen LogP contribution in [0.25, 0.3) is 0 Å². The van der Waals surface area contributed by atoms with Crippen molar-refractivity contribution < 1.29 is 9.59 Å². The van der Waals surface area contributed by atoms with Gasteiger partial charge in [0.15, 0.2) is 0 Å². The summed E-state index contributed by atoms with van der Waals surface area (Å²) in [5.41, 5.74) is 0. The minimum Gasteiger partial charge on any atom is -0.352 e. The average molecular weight is 280 g/mol. The highest BCUT2D eigenvalue weighted by Crippen LogP contribution is 2.17. The van der Waals surface area contributed by atoms with Gasteiger partial charge in [-0.25, -0.2) is 0 Å². The monoisotopic (exact) mass is 280 g/mol. The summed E-state index contributed by atoms with van der Waals surface area (Å²) in [4.78, 5) is 24.5. The van der Waals surface area contributed by atoms with E-state index in [2.05, 4.69) is 10.6 Å². The lowest BCUT2D eigenvalue weighted by Gasteiger charge is -2.24. The van der Waals surface area contributed by atoms with Crippen LogP contribution in [0.15, 0.2) is 17.5 Å². The Morgan fingerprint density at radius 2 is 2.05 bits per heavy atom. The van der Waals surface area contributed by atoms with E-state index >= 15 is 0 Å². The van der Waals surface area contributed by atoms with E-state index in [0.717, 1.165) is 12.8 Å². The predicted octanol–water partition coefficient (Wildman–Crippen LogP) is 2.32. The van der Waals surface area contributed by atoms with Crippen molar-refractivity contribution in [2.45, 2.75) is 51.1 Å². The summed E-state index contributed by atoms with van der Waals surface area (Å²) in [7, 11) is 0. The topological polar surface area (TPSA) is 58.2 Å². The average Bonchev–Trinajstić information content (AvgIpc) is 2.93. The Labute approximate surface area is 117 Å². The molecule has 4 nitrogen and oxygen atoms in total. The maximum atomic E-state index is 12.0. The van der Waals surface area contributed by atoms with Crippen LogP contribution in [0.4, 0.5) is 0 Å². The molecule has 104 valence electrons. The van der Waals surface area contributed by atoms with Crippen LogP contribution in [0.2, 0.25) is 0 Å². The fourth-order valence-corrected chi connectivity index (χ4v) is 2.94. The van der Waals surface area contributed by atoms with Gasteiger partial charge in [0, 0.05) is 6.04 Å². The van der Waals surface area contributed by atoms with E-state index in [1.807, 2.05) is 11.4 Å². The van der Waals surface area contributed by atoms with Gasteiger partial charge >= 0.3 is 0 Å². The zero-order valence-corrected chi connectivity index (χ0v) is 12.0. The Hall–Kier alpha value is -1.36. The van der Waals surface area contributed by atoms with Crippen molar-refractivity contribution in [2.75, 3.05) is 0 Å². The van der Waals surface area contributed by atoms with Crippen molar-refractivity contribution in [3.63, 3.8) is 0 Å². The lowest BCUT2D eigenvalue weighted by Crippen LogP contribution is -2.48. The third-order valence-electron chi connectivity index (χ3n) is 3.44. The van der Waals surface area contributed by atoms with Gasteiger partial charge in [0.1, 0.15) is 6.04 Å². The van der Waals surface area contributed by atoms with Gasteiger partial charge in [0.05, 0.1) is 4.88 Å². The van der Waals surface area contributed by atoms with Crippen molar-refractivity contribution >= 4 is 23.2 Å². The van der Waals surface area contributed by atoms with Crippen LogP contribution in [0.3, 0.4) is 0 Å². The van der Waals surface area contributed by atoms with Gasteiger partial charge < -0.3 is 10.6 Å². The molecule has 2 amide bonds. The minimum absolute atomic E-state index is 0.0863. The molecule has 19 heavy (non-hydrogen) atoms. The highest BCUT2D eigenvalue weighted by Gasteiger charge is 2.21. The Kier molecular flexibility index (Phi) is 4.96. The largest absolute Gasteiger partial charge is 0.352 e. The number of carbonyl (C=O) groups excluding carboxylic acids is 2. The molecular formula is C14H20N2O2S. The highest BCUT2D eigenvalue weighted by atomic mass is 32.1. The zero-order chi connectivity index (χ0) is 13.7. The first-order valence-electron chi connectivity index (χ1n) is 6.81. The van der Waals surface area contributed by atoms with Crippen LogP contribution >= 0.6 is 11.3 Å². The number of rotatable bonds is 4. The van der Waals surface area contributed by atoms with Crippen molar-refractivity contribution in [2.24, 2.45) is 0 Å². The van der Waals surface area contributed by atoms with E-state index < -0.39 is 6.04 Å². The van der Waals surface area contributed by atoms with E-state index in [1.54, 1.807) is 13.0 Å². The van der Waals surface area contributed by atoms with E-state index in [9.17, 15) is 9.59 Å². The Morgan fingerprint density at radius 1 is 1.32 bits per heavy atom. The number of amides is 2. The quantitative estimate of drug-likeness (QED) is 0.889. The molecule has 0 spiro atoms. The maximum absolute atomic E-state index is 12.0. The summed E-state index contributed by atoms with van der Waals surface area (Å²) >= 11 is 1.38. The second-order valence-electron chi connectivity index (χ2n) is 5.02. The first-order chi connectivity index (χ1) is 9.16. The summed E-state index contributed by atoms with van der Waals surface area (Å²) in [6, 6.07) is 3.37. The van der Waals surface area contributed by atoms with Gasteiger partial charge in [-0.15, -0.1) is 11.3 Å². The SMILES string of the molecule is CC(NC(=O)c1cccs1)C(=O)NC1CCCCC1. The molecule has 1 fully saturated rings. The molecule has 5 heteroatoms. The predicted molar refractivity (Wildman–Crippen MR) is 76.3 cm³/mol. The van der Waals surface area contributed by atoms with Gasteiger partial charge in [-0.05, 0) is 31.2 Å². The van der Waals surface area contributed by atoms with Gasteiger partial charge in [0.25, 0.3) is 5.91 Å². The molecule has 1 unspecified atom stereocenters. The van der Waals surface area contributed by atoms with Gasteiger partial charge in [-0.1, -0.05) is 25.3 Å². The van der Waals surface area contributed by atoms with Crippen molar-refractivity contribution in [1.82, 2.24) is 10.6 Å². The van der Waals surface area contributed by atoms with Gasteiger partial charge in [-0.2, -0.15) is 0 Å². The fraction of sp³-hybridized carbons (Fsp3) is 0.571. The molecule has 2 rings (SSSR count). The van der Waals surface area contributed by atoms with Crippen molar-refractivity contribution in [1.29, 1.82) is 0 Å². The van der Waals surface area contributed by atoms with Crippen LogP contribution in [0, 0.1) is 0 Å². The van der Waals surface area contributed by atoms with Gasteiger partial charge in [-0.3, -0.25) is 9.59 Å². The fourth-order valence-electron chi connectivity index (χ4n) is 2.31. The van der Waals surface area contributed by atoms with Crippen molar-refractivity contribution in [3.05, 3.63) is 22.4 Å². The molecule has 0 radical (unpaired) electrons. The normalized spacial score (nSPS) is 17.7. The summed E-state index contributed by atoms with van der Waals surface area (Å²) in [6.07, 6.45) is 5.73. The molecule has 0 bridgehead atoms. The van der Waals surface area contributed by atoms with Crippen LogP contribution < -0.4 is 10.6 Å². The molecule has 2 N–H and O–H groups in total.